The van der Waals surface area contributed by atoms with E-state index in [-0.39, 0.29) is 6.10 Å². The zero-order valence-electron chi connectivity index (χ0n) is 7.36. The van der Waals surface area contributed by atoms with Crippen molar-refractivity contribution in [1.29, 1.82) is 0 Å². The van der Waals surface area contributed by atoms with Gasteiger partial charge in [0.05, 0.1) is 5.71 Å². The first kappa shape index (κ1) is 7.55. The second kappa shape index (κ2) is 2.35. The van der Waals surface area contributed by atoms with Crippen molar-refractivity contribution in [2.24, 2.45) is 4.99 Å². The number of nitrogens with two attached hydrogens (primary N) is 1. The van der Waals surface area contributed by atoms with Crippen molar-refractivity contribution in [2.75, 3.05) is 5.73 Å². The van der Waals surface area contributed by atoms with E-state index in [0.29, 0.717) is 5.69 Å². The SMILES string of the molecule is Nc1ccc2c(c1)C1=NC(=O)O[C@H]1C2. The molecule has 1 atom stereocenters. The minimum absolute atomic E-state index is 0.181. The number of aliphatic imine (C=N–C) groups is 1. The van der Waals surface area contributed by atoms with E-state index in [1.807, 2.05) is 18.2 Å². The van der Waals surface area contributed by atoms with Gasteiger partial charge in [-0.15, -0.1) is 0 Å². The Bertz CT molecular complexity index is 465. The Balaban J connectivity index is 2.19. The summed E-state index contributed by atoms with van der Waals surface area (Å²) < 4.78 is 5.02. The van der Waals surface area contributed by atoms with Crippen LogP contribution in [0.3, 0.4) is 0 Å². The predicted molar refractivity (Wildman–Crippen MR) is 51.4 cm³/mol. The van der Waals surface area contributed by atoms with Crippen molar-refractivity contribution in [2.45, 2.75) is 12.5 Å². The fraction of sp³-hybridized carbons (Fsp3) is 0.200. The Morgan fingerprint density at radius 1 is 1.50 bits per heavy atom. The summed E-state index contributed by atoms with van der Waals surface area (Å²) in [5.74, 6) is 0. The van der Waals surface area contributed by atoms with Gasteiger partial charge in [0.2, 0.25) is 0 Å². The van der Waals surface area contributed by atoms with Crippen molar-refractivity contribution in [3.05, 3.63) is 29.3 Å². The second-order valence-electron chi connectivity index (χ2n) is 3.49. The molecule has 4 heteroatoms. The van der Waals surface area contributed by atoms with Gasteiger partial charge in [-0.1, -0.05) is 6.07 Å². The standard InChI is InChI=1S/C10H8N2O2/c11-6-2-1-5-3-8-9(7(5)4-6)12-10(13)14-8/h1-2,4,8H,3,11H2/t8-/m0/s1. The molecule has 3 rings (SSSR count). The third-order valence-corrected chi connectivity index (χ3v) is 2.57. The lowest BCUT2D eigenvalue weighted by molar-refractivity contribution is 0.150. The van der Waals surface area contributed by atoms with Crippen LogP contribution in [0.4, 0.5) is 10.5 Å². The Labute approximate surface area is 80.4 Å². The van der Waals surface area contributed by atoms with Gasteiger partial charge >= 0.3 is 6.09 Å². The lowest BCUT2D eigenvalue weighted by atomic mass is 10.1. The quantitative estimate of drug-likeness (QED) is 0.621. The molecule has 1 aromatic rings. The van der Waals surface area contributed by atoms with E-state index < -0.39 is 6.09 Å². The molecule has 1 aliphatic heterocycles. The summed E-state index contributed by atoms with van der Waals surface area (Å²) in [5, 5.41) is 0. The average molecular weight is 188 g/mol. The maximum absolute atomic E-state index is 10.9. The molecule has 2 aliphatic rings. The number of nitrogen functional groups attached to an aromatic ring is 1. The lowest BCUT2D eigenvalue weighted by Crippen LogP contribution is -2.14. The molecule has 2 N–H and O–H groups in total. The molecule has 0 unspecified atom stereocenters. The summed E-state index contributed by atoms with van der Waals surface area (Å²) in [7, 11) is 0. The number of amides is 1. The Kier molecular flexibility index (Phi) is 1.27. The van der Waals surface area contributed by atoms with Crippen LogP contribution in [0.1, 0.15) is 11.1 Å². The Morgan fingerprint density at radius 2 is 2.36 bits per heavy atom. The van der Waals surface area contributed by atoms with Gasteiger partial charge in [0, 0.05) is 17.7 Å². The van der Waals surface area contributed by atoms with Gasteiger partial charge in [0.25, 0.3) is 0 Å². The number of hydrogen-bond acceptors (Lipinski definition) is 3. The van der Waals surface area contributed by atoms with Gasteiger partial charge in [-0.05, 0) is 17.7 Å². The molecule has 0 saturated carbocycles. The van der Waals surface area contributed by atoms with Crippen LogP contribution in [-0.4, -0.2) is 17.9 Å². The highest BCUT2D eigenvalue weighted by atomic mass is 16.6. The molecule has 1 aliphatic carbocycles. The third kappa shape index (κ3) is 0.878. The first-order valence-corrected chi connectivity index (χ1v) is 4.42. The normalized spacial score (nSPS) is 22.7. The molecule has 0 radical (unpaired) electrons. The summed E-state index contributed by atoms with van der Waals surface area (Å²) in [5.41, 5.74) is 9.20. The number of anilines is 1. The highest BCUT2D eigenvalue weighted by molar-refractivity contribution is 6.15. The zero-order valence-corrected chi connectivity index (χ0v) is 7.36. The number of nitrogens with zero attached hydrogens (tertiary/aromatic N) is 1. The predicted octanol–water partition coefficient (Wildman–Crippen LogP) is 1.13. The number of rotatable bonds is 0. The summed E-state index contributed by atoms with van der Waals surface area (Å²) in [6, 6.07) is 5.65. The van der Waals surface area contributed by atoms with Crippen LogP contribution in [0.25, 0.3) is 0 Å². The maximum atomic E-state index is 10.9. The zero-order chi connectivity index (χ0) is 9.71. The first-order valence-electron chi connectivity index (χ1n) is 4.42. The van der Waals surface area contributed by atoms with Crippen LogP contribution in [0.2, 0.25) is 0 Å². The molecule has 1 heterocycles. The van der Waals surface area contributed by atoms with E-state index in [4.69, 9.17) is 10.5 Å². The summed E-state index contributed by atoms with van der Waals surface area (Å²) >= 11 is 0. The summed E-state index contributed by atoms with van der Waals surface area (Å²) in [4.78, 5) is 14.7. The molecular formula is C10H8N2O2. The number of fused-ring (bicyclic) bond motifs is 3. The van der Waals surface area contributed by atoms with Crippen LogP contribution < -0.4 is 5.73 Å². The van der Waals surface area contributed by atoms with Gasteiger partial charge < -0.3 is 10.5 Å². The van der Waals surface area contributed by atoms with E-state index in [0.717, 1.165) is 23.3 Å². The van der Waals surface area contributed by atoms with Crippen LogP contribution in [0.5, 0.6) is 0 Å². The monoisotopic (exact) mass is 188 g/mol. The van der Waals surface area contributed by atoms with Crippen LogP contribution in [0, 0.1) is 0 Å². The summed E-state index contributed by atoms with van der Waals surface area (Å²) in [6.07, 6.45) is 0.0533. The molecule has 0 spiro atoms. The van der Waals surface area contributed by atoms with Crippen molar-refractivity contribution in [1.82, 2.24) is 0 Å². The lowest BCUT2D eigenvalue weighted by Gasteiger charge is -1.99. The maximum Gasteiger partial charge on any atom is 0.434 e. The van der Waals surface area contributed by atoms with E-state index in [9.17, 15) is 4.79 Å². The molecule has 0 fully saturated rings. The highest BCUT2D eigenvalue weighted by Crippen LogP contribution is 2.30. The highest BCUT2D eigenvalue weighted by Gasteiger charge is 2.36. The topological polar surface area (TPSA) is 64.7 Å². The fourth-order valence-electron chi connectivity index (χ4n) is 1.96. The molecular weight excluding hydrogens is 180 g/mol. The minimum atomic E-state index is -0.488. The molecule has 4 nitrogen and oxygen atoms in total. The molecule has 70 valence electrons. The van der Waals surface area contributed by atoms with E-state index in [1.165, 1.54) is 0 Å². The molecule has 0 aromatic heterocycles. The van der Waals surface area contributed by atoms with Crippen molar-refractivity contribution < 1.29 is 9.53 Å². The van der Waals surface area contributed by atoms with Crippen LogP contribution in [-0.2, 0) is 11.2 Å². The first-order chi connectivity index (χ1) is 6.74. The van der Waals surface area contributed by atoms with Crippen molar-refractivity contribution in [3.63, 3.8) is 0 Å². The molecule has 1 amide bonds. The number of ether oxygens (including phenoxy) is 1. The molecule has 14 heavy (non-hydrogen) atoms. The number of carbonyl (C=O) groups is 1. The smallest absolute Gasteiger partial charge is 0.434 e. The molecule has 0 saturated heterocycles. The minimum Gasteiger partial charge on any atom is -0.438 e. The van der Waals surface area contributed by atoms with Gasteiger partial charge in [-0.3, -0.25) is 0 Å². The van der Waals surface area contributed by atoms with Gasteiger partial charge in [0.15, 0.2) is 6.10 Å². The van der Waals surface area contributed by atoms with E-state index in [1.54, 1.807) is 0 Å². The molecule has 0 bridgehead atoms. The second-order valence-corrected chi connectivity index (χ2v) is 3.49. The number of benzene rings is 1. The van der Waals surface area contributed by atoms with E-state index in [2.05, 4.69) is 4.99 Å². The largest absolute Gasteiger partial charge is 0.438 e. The van der Waals surface area contributed by atoms with Gasteiger partial charge in [0.1, 0.15) is 0 Å². The average Bonchev–Trinajstić information content (AvgIpc) is 2.62. The van der Waals surface area contributed by atoms with E-state index >= 15 is 0 Å². The number of carbonyl (C=O) groups excluding carboxylic acids is 1. The number of hydrogen-bond donors (Lipinski definition) is 1. The summed E-state index contributed by atoms with van der Waals surface area (Å²) in [6.45, 7) is 0. The van der Waals surface area contributed by atoms with Gasteiger partial charge in [-0.2, -0.15) is 4.99 Å². The fourth-order valence-corrected chi connectivity index (χ4v) is 1.96. The third-order valence-electron chi connectivity index (χ3n) is 2.57. The van der Waals surface area contributed by atoms with Crippen molar-refractivity contribution in [3.8, 4) is 0 Å². The van der Waals surface area contributed by atoms with Gasteiger partial charge in [-0.25, -0.2) is 4.79 Å². The Morgan fingerprint density at radius 3 is 3.21 bits per heavy atom. The van der Waals surface area contributed by atoms with Crippen LogP contribution in [0.15, 0.2) is 23.2 Å². The Hall–Kier alpha value is -1.84. The molecule has 1 aromatic carbocycles. The van der Waals surface area contributed by atoms with Crippen molar-refractivity contribution >= 4 is 17.5 Å². The van der Waals surface area contributed by atoms with Crippen LogP contribution >= 0.6 is 0 Å².